The Morgan fingerprint density at radius 3 is 2.94 bits per heavy atom. The first kappa shape index (κ1) is 11.7. The van der Waals surface area contributed by atoms with Crippen molar-refractivity contribution in [1.29, 1.82) is 0 Å². The first-order valence-corrected chi connectivity index (χ1v) is 6.68. The Bertz CT molecular complexity index is 418. The first-order chi connectivity index (χ1) is 8.86. The van der Waals surface area contributed by atoms with Crippen molar-refractivity contribution < 1.29 is 9.63 Å². The molecule has 3 rings (SSSR count). The zero-order valence-electron chi connectivity index (χ0n) is 10.5. The minimum Gasteiger partial charge on any atom is -0.340 e. The van der Waals surface area contributed by atoms with Crippen LogP contribution in [0.15, 0.2) is 18.3 Å². The number of amides is 1. The maximum Gasteiger partial charge on any atom is 0.294 e. The van der Waals surface area contributed by atoms with Gasteiger partial charge in [-0.2, -0.15) is 0 Å². The standard InChI is InChI=1S/C13H19N3O2/c17-13(16-9-2-10-18-16)12-3-1-8-15(12)11-4-6-14-7-5-11/h1,3,8,11,14H,2,4-7,9-10H2. The fourth-order valence-corrected chi connectivity index (χ4v) is 2.71. The third kappa shape index (κ3) is 2.15. The Balaban J connectivity index is 1.79. The zero-order chi connectivity index (χ0) is 12.4. The van der Waals surface area contributed by atoms with Gasteiger partial charge >= 0.3 is 0 Å². The number of nitrogens with one attached hydrogen (secondary N) is 1. The summed E-state index contributed by atoms with van der Waals surface area (Å²) in [5.74, 6) is -0.00367. The molecule has 0 saturated carbocycles. The van der Waals surface area contributed by atoms with Crippen LogP contribution < -0.4 is 5.32 Å². The lowest BCUT2D eigenvalue weighted by Gasteiger charge is -2.26. The van der Waals surface area contributed by atoms with Gasteiger partial charge in [-0.1, -0.05) is 0 Å². The number of hydroxylamine groups is 2. The maximum absolute atomic E-state index is 12.3. The van der Waals surface area contributed by atoms with Crippen LogP contribution in [0.1, 0.15) is 35.8 Å². The average Bonchev–Trinajstić information content (AvgIpc) is 3.10. The molecule has 1 aromatic rings. The molecule has 3 heterocycles. The van der Waals surface area contributed by atoms with Gasteiger partial charge in [0, 0.05) is 12.2 Å². The van der Waals surface area contributed by atoms with Crippen LogP contribution in [0.3, 0.4) is 0 Å². The van der Waals surface area contributed by atoms with Crippen LogP contribution in [-0.4, -0.2) is 41.8 Å². The van der Waals surface area contributed by atoms with E-state index in [9.17, 15) is 4.79 Å². The summed E-state index contributed by atoms with van der Waals surface area (Å²) in [6.07, 6.45) is 5.10. The van der Waals surface area contributed by atoms with Crippen LogP contribution >= 0.6 is 0 Å². The van der Waals surface area contributed by atoms with E-state index in [-0.39, 0.29) is 5.91 Å². The molecule has 1 aromatic heterocycles. The van der Waals surface area contributed by atoms with Gasteiger partial charge in [-0.25, -0.2) is 5.06 Å². The lowest BCUT2D eigenvalue weighted by Crippen LogP contribution is -2.33. The van der Waals surface area contributed by atoms with Gasteiger partial charge in [0.05, 0.1) is 13.2 Å². The van der Waals surface area contributed by atoms with Crippen molar-refractivity contribution in [2.45, 2.75) is 25.3 Å². The Morgan fingerprint density at radius 1 is 1.39 bits per heavy atom. The average molecular weight is 249 g/mol. The number of nitrogens with zero attached hydrogens (tertiary/aromatic N) is 2. The molecule has 2 aliphatic heterocycles. The molecule has 98 valence electrons. The third-order valence-corrected chi connectivity index (χ3v) is 3.68. The molecule has 5 nitrogen and oxygen atoms in total. The van der Waals surface area contributed by atoms with Gasteiger partial charge in [-0.3, -0.25) is 9.63 Å². The summed E-state index contributed by atoms with van der Waals surface area (Å²) in [4.78, 5) is 17.7. The molecule has 0 unspecified atom stereocenters. The van der Waals surface area contributed by atoms with Crippen molar-refractivity contribution in [3.63, 3.8) is 0 Å². The Labute approximate surface area is 107 Å². The van der Waals surface area contributed by atoms with Crippen LogP contribution in [0.25, 0.3) is 0 Å². The van der Waals surface area contributed by atoms with Crippen LogP contribution in [-0.2, 0) is 4.84 Å². The van der Waals surface area contributed by atoms with Crippen LogP contribution in [0.2, 0.25) is 0 Å². The first-order valence-electron chi connectivity index (χ1n) is 6.68. The van der Waals surface area contributed by atoms with E-state index in [1.165, 1.54) is 5.06 Å². The fourth-order valence-electron chi connectivity index (χ4n) is 2.71. The summed E-state index contributed by atoms with van der Waals surface area (Å²) in [5.41, 5.74) is 0.754. The molecular weight excluding hydrogens is 230 g/mol. The second-order valence-corrected chi connectivity index (χ2v) is 4.88. The van der Waals surface area contributed by atoms with Crippen LogP contribution in [0, 0.1) is 0 Å². The minimum atomic E-state index is -0.00367. The monoisotopic (exact) mass is 249 g/mol. The van der Waals surface area contributed by atoms with Crippen molar-refractivity contribution >= 4 is 5.91 Å². The molecule has 0 bridgehead atoms. The number of rotatable bonds is 2. The van der Waals surface area contributed by atoms with Crippen molar-refractivity contribution in [3.05, 3.63) is 24.0 Å². The highest BCUT2D eigenvalue weighted by Crippen LogP contribution is 2.22. The van der Waals surface area contributed by atoms with Gasteiger partial charge in [0.15, 0.2) is 0 Å². The van der Waals surface area contributed by atoms with E-state index in [0.717, 1.165) is 38.0 Å². The summed E-state index contributed by atoms with van der Waals surface area (Å²) >= 11 is 0. The second kappa shape index (κ2) is 5.12. The predicted octanol–water partition coefficient (Wildman–Crippen LogP) is 1.19. The van der Waals surface area contributed by atoms with Crippen molar-refractivity contribution in [2.75, 3.05) is 26.2 Å². The summed E-state index contributed by atoms with van der Waals surface area (Å²) in [6, 6.07) is 4.28. The fraction of sp³-hybridized carbons (Fsp3) is 0.615. The van der Waals surface area contributed by atoms with E-state index in [1.807, 2.05) is 18.3 Å². The van der Waals surface area contributed by atoms with Crippen LogP contribution in [0.5, 0.6) is 0 Å². The number of piperidine rings is 1. The van der Waals surface area contributed by atoms with E-state index in [2.05, 4.69) is 9.88 Å². The summed E-state index contributed by atoms with van der Waals surface area (Å²) in [7, 11) is 0. The SMILES string of the molecule is O=C(c1cccn1C1CCNCC1)N1CCCO1. The van der Waals surface area contributed by atoms with Gasteiger partial charge in [0.1, 0.15) is 5.69 Å². The predicted molar refractivity (Wildman–Crippen MR) is 67.2 cm³/mol. The van der Waals surface area contributed by atoms with Gasteiger partial charge in [0.25, 0.3) is 5.91 Å². The minimum absolute atomic E-state index is 0.00367. The van der Waals surface area contributed by atoms with Gasteiger partial charge < -0.3 is 9.88 Å². The van der Waals surface area contributed by atoms with E-state index < -0.39 is 0 Å². The van der Waals surface area contributed by atoms with E-state index in [4.69, 9.17) is 4.84 Å². The van der Waals surface area contributed by atoms with Gasteiger partial charge in [-0.15, -0.1) is 0 Å². The van der Waals surface area contributed by atoms with E-state index in [0.29, 0.717) is 19.2 Å². The molecule has 0 spiro atoms. The van der Waals surface area contributed by atoms with Crippen molar-refractivity contribution in [2.24, 2.45) is 0 Å². The molecule has 0 atom stereocenters. The molecule has 1 amide bonds. The Kier molecular flexibility index (Phi) is 3.34. The maximum atomic E-state index is 12.3. The zero-order valence-corrected chi connectivity index (χ0v) is 10.5. The molecule has 0 aliphatic carbocycles. The molecule has 2 fully saturated rings. The smallest absolute Gasteiger partial charge is 0.294 e. The molecule has 0 aromatic carbocycles. The Morgan fingerprint density at radius 2 is 2.22 bits per heavy atom. The Hall–Kier alpha value is -1.33. The lowest BCUT2D eigenvalue weighted by molar-refractivity contribution is -0.0775. The summed E-state index contributed by atoms with van der Waals surface area (Å²) in [5, 5.41) is 4.84. The number of carbonyl (C=O) groups is 1. The highest BCUT2D eigenvalue weighted by molar-refractivity contribution is 5.92. The second-order valence-electron chi connectivity index (χ2n) is 4.88. The van der Waals surface area contributed by atoms with Crippen molar-refractivity contribution in [3.8, 4) is 0 Å². The molecule has 1 N–H and O–H groups in total. The molecule has 5 heteroatoms. The summed E-state index contributed by atoms with van der Waals surface area (Å²) in [6.45, 7) is 3.41. The summed E-state index contributed by atoms with van der Waals surface area (Å²) < 4.78 is 2.12. The largest absolute Gasteiger partial charge is 0.340 e. The lowest BCUT2D eigenvalue weighted by atomic mass is 10.1. The normalized spacial score (nSPS) is 21.4. The number of aromatic nitrogens is 1. The molecule has 2 saturated heterocycles. The van der Waals surface area contributed by atoms with Crippen molar-refractivity contribution in [1.82, 2.24) is 14.9 Å². The number of hydrogen-bond donors (Lipinski definition) is 1. The highest BCUT2D eigenvalue weighted by Gasteiger charge is 2.26. The molecule has 18 heavy (non-hydrogen) atoms. The number of hydrogen-bond acceptors (Lipinski definition) is 3. The molecule has 0 radical (unpaired) electrons. The highest BCUT2D eigenvalue weighted by atomic mass is 16.7. The van der Waals surface area contributed by atoms with E-state index >= 15 is 0 Å². The quantitative estimate of drug-likeness (QED) is 0.856. The van der Waals surface area contributed by atoms with E-state index in [1.54, 1.807) is 0 Å². The van der Waals surface area contributed by atoms with Gasteiger partial charge in [-0.05, 0) is 44.5 Å². The van der Waals surface area contributed by atoms with Crippen LogP contribution in [0.4, 0.5) is 0 Å². The van der Waals surface area contributed by atoms with Gasteiger partial charge in [0.2, 0.25) is 0 Å². The molecular formula is C13H19N3O2. The topological polar surface area (TPSA) is 46.5 Å². The third-order valence-electron chi connectivity index (χ3n) is 3.68. The number of carbonyl (C=O) groups excluding carboxylic acids is 1. The molecule has 2 aliphatic rings.